The van der Waals surface area contributed by atoms with Crippen LogP contribution in [0.5, 0.6) is 5.75 Å². The van der Waals surface area contributed by atoms with Crippen molar-refractivity contribution in [1.29, 1.82) is 0 Å². The zero-order chi connectivity index (χ0) is 19.9. The Hall–Kier alpha value is -2.24. The van der Waals surface area contributed by atoms with Crippen molar-refractivity contribution >= 4 is 17.7 Å². The summed E-state index contributed by atoms with van der Waals surface area (Å²) in [7, 11) is 1.90. The van der Waals surface area contributed by atoms with E-state index in [1.54, 1.807) is 0 Å². The molecule has 0 aliphatic heterocycles. The summed E-state index contributed by atoms with van der Waals surface area (Å²) in [6, 6.07) is 13.8. The molecule has 0 saturated heterocycles. The van der Waals surface area contributed by atoms with Gasteiger partial charge in [0.2, 0.25) is 0 Å². The Morgan fingerprint density at radius 1 is 1.11 bits per heavy atom. The van der Waals surface area contributed by atoms with Gasteiger partial charge in [0.05, 0.1) is 6.54 Å². The van der Waals surface area contributed by atoms with Crippen LogP contribution < -0.4 is 15.4 Å². The number of ether oxygens (including phenoxy) is 2. The maximum atomic E-state index is 11.7. The summed E-state index contributed by atoms with van der Waals surface area (Å²) in [5, 5.41) is 6.53. The zero-order valence-electron chi connectivity index (χ0n) is 16.3. The zero-order valence-corrected chi connectivity index (χ0v) is 17.0. The van der Waals surface area contributed by atoms with Crippen LogP contribution in [0, 0.1) is 0 Å². The lowest BCUT2D eigenvalue weighted by molar-refractivity contribution is 0.0520. The van der Waals surface area contributed by atoms with E-state index in [2.05, 4.69) is 16.7 Å². The van der Waals surface area contributed by atoms with Crippen LogP contribution in [-0.2, 0) is 11.3 Å². The molecule has 0 atom stereocenters. The number of hydrogen-bond donors (Lipinski definition) is 2. The van der Waals surface area contributed by atoms with E-state index in [0.717, 1.165) is 29.0 Å². The molecule has 0 unspecified atom stereocenters. The number of amides is 1. The monoisotopic (exact) mass is 390 g/mol. The third-order valence-corrected chi connectivity index (χ3v) is 3.78. The molecule has 0 aromatic heterocycles. The number of rotatable bonds is 7. The lowest BCUT2D eigenvalue weighted by Gasteiger charge is -2.19. The number of alkyl carbamates (subject to hydrolysis) is 1. The fourth-order valence-electron chi connectivity index (χ4n) is 2.52. The van der Waals surface area contributed by atoms with E-state index in [9.17, 15) is 4.79 Å². The first-order valence-corrected chi connectivity index (χ1v) is 9.29. The predicted octanol–water partition coefficient (Wildman–Crippen LogP) is 4.63. The summed E-state index contributed by atoms with van der Waals surface area (Å²) in [4.78, 5) is 11.7. The number of nitrogens with one attached hydrogen (secondary N) is 2. The largest absolute Gasteiger partial charge is 0.492 e. The molecule has 2 N–H and O–H groups in total. The van der Waals surface area contributed by atoms with E-state index in [1.807, 2.05) is 64.2 Å². The minimum atomic E-state index is -0.516. The summed E-state index contributed by atoms with van der Waals surface area (Å²) in [5.41, 5.74) is 2.64. The normalized spacial score (nSPS) is 11.1. The smallest absolute Gasteiger partial charge is 0.407 e. The molecule has 0 radical (unpaired) electrons. The Balaban J connectivity index is 2.02. The first-order valence-electron chi connectivity index (χ1n) is 8.91. The highest BCUT2D eigenvalue weighted by Gasteiger charge is 2.15. The Labute approximate surface area is 166 Å². The molecular formula is C21H27ClN2O3. The molecule has 0 aliphatic carbocycles. The second-order valence-electron chi connectivity index (χ2n) is 7.18. The SMILES string of the molecule is CNCc1cc(OCCNC(=O)OC(C)(C)C)cc(-c2cccc(Cl)c2)c1. The van der Waals surface area contributed by atoms with Gasteiger partial charge in [0.15, 0.2) is 0 Å². The van der Waals surface area contributed by atoms with Crippen LogP contribution in [0.1, 0.15) is 26.3 Å². The molecule has 6 heteroatoms. The minimum Gasteiger partial charge on any atom is -0.492 e. The number of halogens is 1. The molecule has 2 aromatic carbocycles. The first kappa shape index (κ1) is 21.1. The van der Waals surface area contributed by atoms with Crippen molar-refractivity contribution in [2.24, 2.45) is 0 Å². The molecular weight excluding hydrogens is 364 g/mol. The van der Waals surface area contributed by atoms with Gasteiger partial charge in [-0.05, 0) is 74.8 Å². The lowest BCUT2D eigenvalue weighted by atomic mass is 10.0. The van der Waals surface area contributed by atoms with Crippen LogP contribution in [-0.4, -0.2) is 31.9 Å². The molecule has 2 rings (SSSR count). The minimum absolute atomic E-state index is 0.344. The van der Waals surface area contributed by atoms with Crippen molar-refractivity contribution in [3.63, 3.8) is 0 Å². The van der Waals surface area contributed by atoms with Gasteiger partial charge < -0.3 is 20.1 Å². The highest BCUT2D eigenvalue weighted by molar-refractivity contribution is 6.30. The van der Waals surface area contributed by atoms with Crippen LogP contribution in [0.2, 0.25) is 5.02 Å². The van der Waals surface area contributed by atoms with Gasteiger partial charge in [-0.25, -0.2) is 4.79 Å². The van der Waals surface area contributed by atoms with E-state index in [-0.39, 0.29) is 0 Å². The Morgan fingerprint density at radius 2 is 1.89 bits per heavy atom. The Kier molecular flexibility index (Phi) is 7.51. The highest BCUT2D eigenvalue weighted by atomic mass is 35.5. The van der Waals surface area contributed by atoms with Crippen molar-refractivity contribution in [2.75, 3.05) is 20.2 Å². The Bertz CT molecular complexity index is 772. The molecule has 0 fully saturated rings. The van der Waals surface area contributed by atoms with Gasteiger partial charge in [-0.1, -0.05) is 23.7 Å². The highest BCUT2D eigenvalue weighted by Crippen LogP contribution is 2.28. The van der Waals surface area contributed by atoms with Crippen molar-refractivity contribution in [2.45, 2.75) is 32.9 Å². The van der Waals surface area contributed by atoms with E-state index in [1.165, 1.54) is 0 Å². The van der Waals surface area contributed by atoms with Gasteiger partial charge in [-0.2, -0.15) is 0 Å². The van der Waals surface area contributed by atoms with Gasteiger partial charge in [0, 0.05) is 11.6 Å². The number of benzene rings is 2. The van der Waals surface area contributed by atoms with Crippen LogP contribution in [0.4, 0.5) is 4.79 Å². The van der Waals surface area contributed by atoms with Gasteiger partial charge in [-0.15, -0.1) is 0 Å². The fourth-order valence-corrected chi connectivity index (χ4v) is 2.71. The molecule has 5 nitrogen and oxygen atoms in total. The van der Waals surface area contributed by atoms with Crippen LogP contribution in [0.3, 0.4) is 0 Å². The topological polar surface area (TPSA) is 59.6 Å². The standard InChI is InChI=1S/C21H27ClN2O3/c1-21(2,3)27-20(25)24-8-9-26-19-11-15(14-23-4)10-17(13-19)16-6-5-7-18(22)12-16/h5-7,10-13,23H,8-9,14H2,1-4H3,(H,24,25). The number of carbonyl (C=O) groups is 1. The second-order valence-corrected chi connectivity index (χ2v) is 7.62. The van der Waals surface area contributed by atoms with Crippen LogP contribution >= 0.6 is 11.6 Å². The summed E-state index contributed by atoms with van der Waals surface area (Å²) in [6.07, 6.45) is -0.449. The van der Waals surface area contributed by atoms with Crippen molar-refractivity contribution in [3.8, 4) is 16.9 Å². The molecule has 1 amide bonds. The maximum absolute atomic E-state index is 11.7. The Morgan fingerprint density at radius 3 is 2.56 bits per heavy atom. The van der Waals surface area contributed by atoms with E-state index >= 15 is 0 Å². The average Bonchev–Trinajstić information content (AvgIpc) is 2.57. The molecule has 27 heavy (non-hydrogen) atoms. The number of carbonyl (C=O) groups excluding carboxylic acids is 1. The van der Waals surface area contributed by atoms with E-state index in [0.29, 0.717) is 18.2 Å². The van der Waals surface area contributed by atoms with Crippen molar-refractivity contribution < 1.29 is 14.3 Å². The molecule has 0 bridgehead atoms. The van der Waals surface area contributed by atoms with Gasteiger partial charge in [0.25, 0.3) is 0 Å². The summed E-state index contributed by atoms with van der Waals surface area (Å²) >= 11 is 6.12. The molecule has 0 heterocycles. The second kappa shape index (κ2) is 9.62. The summed E-state index contributed by atoms with van der Waals surface area (Å²) in [5.74, 6) is 0.740. The van der Waals surface area contributed by atoms with E-state index < -0.39 is 11.7 Å². The fraction of sp³-hybridized carbons (Fsp3) is 0.381. The number of hydrogen-bond acceptors (Lipinski definition) is 4. The first-order chi connectivity index (χ1) is 12.8. The van der Waals surface area contributed by atoms with E-state index in [4.69, 9.17) is 21.1 Å². The molecule has 0 spiro atoms. The molecule has 0 saturated carbocycles. The average molecular weight is 391 g/mol. The molecule has 0 aliphatic rings. The molecule has 146 valence electrons. The third kappa shape index (κ3) is 7.49. The lowest BCUT2D eigenvalue weighted by Crippen LogP contribution is -2.34. The van der Waals surface area contributed by atoms with Crippen molar-refractivity contribution in [1.82, 2.24) is 10.6 Å². The summed E-state index contributed by atoms with van der Waals surface area (Å²) in [6.45, 7) is 6.91. The predicted molar refractivity (Wildman–Crippen MR) is 109 cm³/mol. The van der Waals surface area contributed by atoms with Crippen LogP contribution in [0.25, 0.3) is 11.1 Å². The van der Waals surface area contributed by atoms with Crippen LogP contribution in [0.15, 0.2) is 42.5 Å². The maximum Gasteiger partial charge on any atom is 0.407 e. The third-order valence-electron chi connectivity index (χ3n) is 3.54. The van der Waals surface area contributed by atoms with Gasteiger partial charge >= 0.3 is 6.09 Å². The van der Waals surface area contributed by atoms with Crippen molar-refractivity contribution in [3.05, 3.63) is 53.1 Å². The van der Waals surface area contributed by atoms with Gasteiger partial charge in [-0.3, -0.25) is 0 Å². The quantitative estimate of drug-likeness (QED) is 0.676. The summed E-state index contributed by atoms with van der Waals surface area (Å²) < 4.78 is 11.0. The molecule has 2 aromatic rings. The van der Waals surface area contributed by atoms with Gasteiger partial charge in [0.1, 0.15) is 18.0 Å².